The second-order valence-corrected chi connectivity index (χ2v) is 14.6. The zero-order chi connectivity index (χ0) is 34.2. The topological polar surface area (TPSA) is 144 Å². The Hall–Kier alpha value is -4.88. The molecule has 3 aromatic carbocycles. The first-order valence-electron chi connectivity index (χ1n) is 15.3. The van der Waals surface area contributed by atoms with E-state index >= 15 is 0 Å². The number of nitrogens with one attached hydrogen (secondary N) is 2. The van der Waals surface area contributed by atoms with Gasteiger partial charge in [0, 0.05) is 46.5 Å². The minimum atomic E-state index is -4.12. The van der Waals surface area contributed by atoms with Crippen molar-refractivity contribution in [3.63, 3.8) is 0 Å². The molecule has 0 aliphatic carbocycles. The Morgan fingerprint density at radius 2 is 1.81 bits per heavy atom. The summed E-state index contributed by atoms with van der Waals surface area (Å²) < 4.78 is 51.6. The maximum atomic E-state index is 14.7. The van der Waals surface area contributed by atoms with E-state index < -0.39 is 27.5 Å². The van der Waals surface area contributed by atoms with Crippen LogP contribution in [0.1, 0.15) is 33.6 Å². The van der Waals surface area contributed by atoms with Gasteiger partial charge in [-0.2, -0.15) is 5.10 Å². The van der Waals surface area contributed by atoms with Crippen LogP contribution in [0.2, 0.25) is 5.02 Å². The molecule has 0 saturated carbocycles. The fourth-order valence-corrected chi connectivity index (χ4v) is 7.28. The summed E-state index contributed by atoms with van der Waals surface area (Å²) in [5, 5.41) is 7.74. The van der Waals surface area contributed by atoms with Gasteiger partial charge in [-0.25, -0.2) is 27.1 Å². The van der Waals surface area contributed by atoms with E-state index in [0.29, 0.717) is 29.3 Å². The summed E-state index contributed by atoms with van der Waals surface area (Å²) in [5.74, 6) is -0.290. The molecule has 1 aliphatic heterocycles. The summed E-state index contributed by atoms with van der Waals surface area (Å²) in [6.45, 7) is 6.74. The van der Waals surface area contributed by atoms with Gasteiger partial charge in [0.2, 0.25) is 0 Å². The van der Waals surface area contributed by atoms with Crippen LogP contribution in [0, 0.1) is 5.82 Å². The number of aromatic nitrogens is 3. The number of halogens is 2. The quantitative estimate of drug-likeness (QED) is 0.170. The van der Waals surface area contributed by atoms with Crippen LogP contribution in [0.4, 0.5) is 26.4 Å². The van der Waals surface area contributed by atoms with Crippen LogP contribution >= 0.6 is 11.6 Å². The molecule has 48 heavy (non-hydrogen) atoms. The number of hydrogen-bond acceptors (Lipinski definition) is 8. The van der Waals surface area contributed by atoms with E-state index in [1.165, 1.54) is 36.7 Å². The normalized spacial score (nSPS) is 15.4. The monoisotopic (exact) mass is 691 g/mol. The molecule has 2 aromatic heterocycles. The van der Waals surface area contributed by atoms with Gasteiger partial charge in [-0.15, -0.1) is 0 Å². The Morgan fingerprint density at radius 3 is 2.56 bits per heavy atom. The first-order valence-corrected chi connectivity index (χ1v) is 17.2. The van der Waals surface area contributed by atoms with E-state index in [-0.39, 0.29) is 27.1 Å². The van der Waals surface area contributed by atoms with Crippen LogP contribution in [0.25, 0.3) is 27.9 Å². The summed E-state index contributed by atoms with van der Waals surface area (Å²) in [5.41, 5.74) is 9.24. The standard InChI is InChI=1S/C34H35ClFN7O4S/c1-34(2,3)47-33(44)40-24-7-6-16-42(19-24)29-18-28(43-31(29)32(37)38-20-39-43)21-10-13-23(14-11-21)41-48(45,46)30-9-5-4-8-25(30)26-17-22(35)12-15-27(26)36/h4-5,8-15,17-18,20,24,41H,6-7,16,19H2,1-3H3,(H,40,44)(H2,37,38,39)/t24-/m1/s1. The second kappa shape index (κ2) is 13.0. The highest BCUT2D eigenvalue weighted by Crippen LogP contribution is 2.36. The van der Waals surface area contributed by atoms with Gasteiger partial charge in [0.1, 0.15) is 23.3 Å². The van der Waals surface area contributed by atoms with Crippen molar-refractivity contribution in [2.24, 2.45) is 0 Å². The molecule has 1 atom stereocenters. The predicted octanol–water partition coefficient (Wildman–Crippen LogP) is 6.73. The number of hydrogen-bond donors (Lipinski definition) is 3. The summed E-state index contributed by atoms with van der Waals surface area (Å²) in [6.07, 6.45) is 2.55. The summed E-state index contributed by atoms with van der Waals surface area (Å²) >= 11 is 6.09. The van der Waals surface area contributed by atoms with E-state index in [4.69, 9.17) is 22.1 Å². The smallest absolute Gasteiger partial charge is 0.407 e. The maximum Gasteiger partial charge on any atom is 0.407 e. The average molecular weight is 692 g/mol. The Morgan fingerprint density at radius 1 is 1.06 bits per heavy atom. The zero-order valence-corrected chi connectivity index (χ0v) is 28.1. The molecule has 1 fully saturated rings. The van der Waals surface area contributed by atoms with Gasteiger partial charge in [-0.05, 0) is 76.1 Å². The number of ether oxygens (including phenoxy) is 1. The lowest BCUT2D eigenvalue weighted by molar-refractivity contribution is 0.0500. The van der Waals surface area contributed by atoms with E-state index in [2.05, 4.69) is 25.0 Å². The lowest BCUT2D eigenvalue weighted by atomic mass is 10.0. The Bertz CT molecular complexity index is 2100. The SMILES string of the molecule is CC(C)(C)OC(=O)N[C@@H]1CCCN(c2cc(-c3ccc(NS(=O)(=O)c4ccccc4-c4cc(Cl)ccc4F)cc3)n3ncnc(N)c23)C1. The van der Waals surface area contributed by atoms with Crippen molar-refractivity contribution in [3.8, 4) is 22.4 Å². The molecular weight excluding hydrogens is 657 g/mol. The number of sulfonamides is 1. The number of benzene rings is 3. The van der Waals surface area contributed by atoms with Crippen molar-refractivity contribution < 1.29 is 22.3 Å². The number of nitrogens with zero attached hydrogens (tertiary/aromatic N) is 4. The van der Waals surface area contributed by atoms with Gasteiger partial charge in [0.25, 0.3) is 10.0 Å². The zero-order valence-electron chi connectivity index (χ0n) is 26.6. The molecule has 3 heterocycles. The number of alkyl carbamates (subject to hydrolysis) is 1. The first-order chi connectivity index (χ1) is 22.8. The molecule has 4 N–H and O–H groups in total. The number of rotatable bonds is 7. The molecule has 6 rings (SSSR count). The van der Waals surface area contributed by atoms with E-state index in [1.807, 2.05) is 26.8 Å². The molecule has 5 aromatic rings. The highest BCUT2D eigenvalue weighted by Gasteiger charge is 2.28. The van der Waals surface area contributed by atoms with E-state index in [1.54, 1.807) is 40.9 Å². The fourth-order valence-electron chi connectivity index (χ4n) is 5.83. The van der Waals surface area contributed by atoms with Crippen molar-refractivity contribution in [2.75, 3.05) is 28.4 Å². The highest BCUT2D eigenvalue weighted by molar-refractivity contribution is 7.92. The summed E-state index contributed by atoms with van der Waals surface area (Å²) in [6, 6.07) is 18.8. The van der Waals surface area contributed by atoms with E-state index in [9.17, 15) is 17.6 Å². The predicted molar refractivity (Wildman–Crippen MR) is 185 cm³/mol. The first kappa shape index (κ1) is 33.0. The molecule has 11 nitrogen and oxygen atoms in total. The van der Waals surface area contributed by atoms with Gasteiger partial charge in [0.15, 0.2) is 5.82 Å². The molecule has 0 bridgehead atoms. The second-order valence-electron chi connectivity index (χ2n) is 12.6. The van der Waals surface area contributed by atoms with Crippen LogP contribution < -0.4 is 20.7 Å². The van der Waals surface area contributed by atoms with Crippen LogP contribution in [0.5, 0.6) is 0 Å². The molecule has 250 valence electrons. The Labute approximate surface area is 282 Å². The lowest BCUT2D eigenvalue weighted by Gasteiger charge is -2.34. The minimum Gasteiger partial charge on any atom is -0.444 e. The van der Waals surface area contributed by atoms with Gasteiger partial charge in [-0.3, -0.25) is 4.72 Å². The third kappa shape index (κ3) is 7.02. The van der Waals surface area contributed by atoms with Crippen molar-refractivity contribution in [1.29, 1.82) is 0 Å². The maximum absolute atomic E-state index is 14.7. The van der Waals surface area contributed by atoms with E-state index in [0.717, 1.165) is 30.6 Å². The van der Waals surface area contributed by atoms with Crippen LogP contribution in [-0.4, -0.2) is 53.8 Å². The number of amides is 1. The van der Waals surface area contributed by atoms with Gasteiger partial charge in [0.05, 0.1) is 16.3 Å². The van der Waals surface area contributed by atoms with Crippen LogP contribution in [0.3, 0.4) is 0 Å². The third-order valence-electron chi connectivity index (χ3n) is 7.87. The number of carbonyl (C=O) groups is 1. The third-order valence-corrected chi connectivity index (χ3v) is 9.55. The van der Waals surface area contributed by atoms with Crippen LogP contribution in [-0.2, 0) is 14.8 Å². The number of nitrogen functional groups attached to an aromatic ring is 1. The van der Waals surface area contributed by atoms with Crippen molar-refractivity contribution >= 4 is 50.4 Å². The van der Waals surface area contributed by atoms with Gasteiger partial charge in [-0.1, -0.05) is 41.9 Å². The molecule has 0 radical (unpaired) electrons. The molecule has 0 spiro atoms. The van der Waals surface area contributed by atoms with Gasteiger partial charge < -0.3 is 20.7 Å². The van der Waals surface area contributed by atoms with Crippen LogP contribution in [0.15, 0.2) is 84.0 Å². The molecule has 1 saturated heterocycles. The molecule has 0 unspecified atom stereocenters. The number of nitrogens with two attached hydrogens (primary N) is 1. The largest absolute Gasteiger partial charge is 0.444 e. The van der Waals surface area contributed by atoms with Crippen molar-refractivity contribution in [3.05, 3.63) is 90.0 Å². The van der Waals surface area contributed by atoms with Crippen molar-refractivity contribution in [1.82, 2.24) is 19.9 Å². The fraction of sp³-hybridized carbons (Fsp3) is 0.265. The molecule has 1 aliphatic rings. The molecule has 14 heteroatoms. The Balaban J connectivity index is 1.27. The number of fused-ring (bicyclic) bond motifs is 1. The van der Waals surface area contributed by atoms with Crippen molar-refractivity contribution in [2.45, 2.75) is 50.2 Å². The minimum absolute atomic E-state index is 0.0802. The van der Waals surface area contributed by atoms with Gasteiger partial charge >= 0.3 is 6.09 Å². The number of piperidine rings is 1. The average Bonchev–Trinajstić information content (AvgIpc) is 3.43. The molecule has 1 amide bonds. The lowest BCUT2D eigenvalue weighted by Crippen LogP contribution is -2.49. The Kier molecular flexibility index (Phi) is 8.92. The number of anilines is 3. The molecular formula is C34H35ClFN7O4S. The number of carbonyl (C=O) groups excluding carboxylic acids is 1. The highest BCUT2D eigenvalue weighted by atomic mass is 35.5. The summed E-state index contributed by atoms with van der Waals surface area (Å²) in [7, 11) is -4.12. The summed E-state index contributed by atoms with van der Waals surface area (Å²) in [4.78, 5) is 18.7.